The maximum atomic E-state index is 12.0. The quantitative estimate of drug-likeness (QED) is 0.490. The van der Waals surface area contributed by atoms with Crippen LogP contribution in [0.25, 0.3) is 10.8 Å². The van der Waals surface area contributed by atoms with E-state index in [9.17, 15) is 4.79 Å². The summed E-state index contributed by atoms with van der Waals surface area (Å²) in [4.78, 5) is 12.0. The molecule has 0 saturated carbocycles. The summed E-state index contributed by atoms with van der Waals surface area (Å²) in [5.74, 6) is 0.376. The molecule has 0 aliphatic carbocycles. The third-order valence-electron chi connectivity index (χ3n) is 4.35. The Balaban J connectivity index is 1.54. The smallest absolute Gasteiger partial charge is 0.277 e. The normalized spacial score (nSPS) is 11.4. The second-order valence-corrected chi connectivity index (χ2v) is 6.48. The number of hydrogen-bond acceptors (Lipinski definition) is 3. The fraction of sp³-hybridized carbons (Fsp3) is 0.217. The summed E-state index contributed by atoms with van der Waals surface area (Å²) < 4.78 is 5.58. The summed E-state index contributed by atoms with van der Waals surface area (Å²) in [5, 5.41) is 6.39. The zero-order chi connectivity index (χ0) is 19.1. The lowest BCUT2D eigenvalue weighted by molar-refractivity contribution is -0.123. The number of nitrogens with one attached hydrogen (secondary N) is 1. The van der Waals surface area contributed by atoms with Gasteiger partial charge in [-0.05, 0) is 47.4 Å². The van der Waals surface area contributed by atoms with Gasteiger partial charge in [0.25, 0.3) is 5.91 Å². The Labute approximate surface area is 159 Å². The highest BCUT2D eigenvalue weighted by atomic mass is 16.5. The van der Waals surface area contributed by atoms with E-state index >= 15 is 0 Å². The number of hydrazone groups is 1. The van der Waals surface area contributed by atoms with Gasteiger partial charge in [-0.3, -0.25) is 4.79 Å². The monoisotopic (exact) mass is 360 g/mol. The van der Waals surface area contributed by atoms with Crippen LogP contribution in [0.5, 0.6) is 5.75 Å². The predicted octanol–water partition coefficient (Wildman–Crippen LogP) is 4.71. The summed E-state index contributed by atoms with van der Waals surface area (Å²) >= 11 is 0. The zero-order valence-electron chi connectivity index (χ0n) is 15.7. The standard InChI is InChI=1S/C23H24N2O2/c1-3-6-18-9-11-19(12-10-18)17(2)24-25-23(26)16-27-22-14-13-20-7-4-5-8-21(20)15-22/h4-5,7-15H,3,6,16H2,1-2H3,(H,25,26). The fourth-order valence-corrected chi connectivity index (χ4v) is 2.85. The van der Waals surface area contributed by atoms with Crippen LogP contribution >= 0.6 is 0 Å². The van der Waals surface area contributed by atoms with Crippen molar-refractivity contribution in [1.82, 2.24) is 5.43 Å². The number of fused-ring (bicyclic) bond motifs is 1. The largest absolute Gasteiger partial charge is 0.484 e. The number of carbonyl (C=O) groups is 1. The van der Waals surface area contributed by atoms with Crippen molar-refractivity contribution in [3.63, 3.8) is 0 Å². The Morgan fingerprint density at radius 2 is 1.74 bits per heavy atom. The Morgan fingerprint density at radius 1 is 1.00 bits per heavy atom. The van der Waals surface area contributed by atoms with E-state index in [4.69, 9.17) is 4.74 Å². The number of aryl methyl sites for hydroxylation is 1. The lowest BCUT2D eigenvalue weighted by Crippen LogP contribution is -2.25. The lowest BCUT2D eigenvalue weighted by atomic mass is 10.1. The zero-order valence-corrected chi connectivity index (χ0v) is 15.7. The molecule has 0 heterocycles. The number of carbonyl (C=O) groups excluding carboxylic acids is 1. The Morgan fingerprint density at radius 3 is 2.48 bits per heavy atom. The maximum Gasteiger partial charge on any atom is 0.277 e. The van der Waals surface area contributed by atoms with Crippen molar-refractivity contribution in [3.8, 4) is 5.75 Å². The Hall–Kier alpha value is -3.14. The molecule has 0 aliphatic rings. The number of benzene rings is 3. The number of nitrogens with zero attached hydrogens (tertiary/aromatic N) is 1. The van der Waals surface area contributed by atoms with Gasteiger partial charge in [0, 0.05) is 0 Å². The van der Waals surface area contributed by atoms with Crippen LogP contribution in [0.3, 0.4) is 0 Å². The van der Waals surface area contributed by atoms with Gasteiger partial charge in [-0.2, -0.15) is 5.10 Å². The van der Waals surface area contributed by atoms with Gasteiger partial charge in [0.1, 0.15) is 5.75 Å². The first-order valence-corrected chi connectivity index (χ1v) is 9.20. The molecule has 3 aromatic rings. The van der Waals surface area contributed by atoms with Gasteiger partial charge in [-0.15, -0.1) is 0 Å². The van der Waals surface area contributed by atoms with Gasteiger partial charge >= 0.3 is 0 Å². The van der Waals surface area contributed by atoms with Crippen molar-refractivity contribution in [3.05, 3.63) is 77.9 Å². The molecular weight excluding hydrogens is 336 g/mol. The van der Waals surface area contributed by atoms with Crippen molar-refractivity contribution in [2.24, 2.45) is 5.10 Å². The van der Waals surface area contributed by atoms with Crippen LogP contribution in [-0.4, -0.2) is 18.2 Å². The molecule has 3 rings (SSSR count). The molecule has 4 nitrogen and oxygen atoms in total. The Bertz CT molecular complexity index is 946. The highest BCUT2D eigenvalue weighted by molar-refractivity contribution is 5.99. The summed E-state index contributed by atoms with van der Waals surface area (Å²) in [6.07, 6.45) is 2.19. The summed E-state index contributed by atoms with van der Waals surface area (Å²) in [7, 11) is 0. The fourth-order valence-electron chi connectivity index (χ4n) is 2.85. The van der Waals surface area contributed by atoms with E-state index in [1.165, 1.54) is 5.56 Å². The third-order valence-corrected chi connectivity index (χ3v) is 4.35. The van der Waals surface area contributed by atoms with Gasteiger partial charge in [0.05, 0.1) is 5.71 Å². The minimum atomic E-state index is -0.287. The van der Waals surface area contributed by atoms with Crippen molar-refractivity contribution >= 4 is 22.4 Å². The molecule has 3 aromatic carbocycles. The highest BCUT2D eigenvalue weighted by Crippen LogP contribution is 2.20. The summed E-state index contributed by atoms with van der Waals surface area (Å²) in [5.41, 5.74) is 5.61. The lowest BCUT2D eigenvalue weighted by Gasteiger charge is -2.07. The molecule has 27 heavy (non-hydrogen) atoms. The first kappa shape index (κ1) is 18.6. The van der Waals surface area contributed by atoms with Gasteiger partial charge in [-0.25, -0.2) is 5.43 Å². The van der Waals surface area contributed by atoms with E-state index < -0.39 is 0 Å². The second kappa shape index (κ2) is 8.99. The van der Waals surface area contributed by atoms with Crippen LogP contribution < -0.4 is 10.2 Å². The van der Waals surface area contributed by atoms with E-state index in [1.54, 1.807) is 0 Å². The van der Waals surface area contributed by atoms with E-state index in [-0.39, 0.29) is 12.5 Å². The van der Waals surface area contributed by atoms with Crippen LogP contribution in [0.15, 0.2) is 71.8 Å². The van der Waals surface area contributed by atoms with Crippen LogP contribution in [0.1, 0.15) is 31.4 Å². The van der Waals surface area contributed by atoms with Crippen molar-refractivity contribution in [1.29, 1.82) is 0 Å². The average molecular weight is 360 g/mol. The summed E-state index contributed by atoms with van der Waals surface area (Å²) in [6, 6.07) is 22.1. The predicted molar refractivity (Wildman–Crippen MR) is 110 cm³/mol. The van der Waals surface area contributed by atoms with E-state index in [0.29, 0.717) is 5.75 Å². The van der Waals surface area contributed by atoms with Gasteiger partial charge in [0.2, 0.25) is 0 Å². The summed E-state index contributed by atoms with van der Waals surface area (Å²) in [6.45, 7) is 3.96. The molecule has 0 aromatic heterocycles. The topological polar surface area (TPSA) is 50.7 Å². The molecule has 0 radical (unpaired) electrons. The molecule has 0 aliphatic heterocycles. The minimum Gasteiger partial charge on any atom is -0.484 e. The van der Waals surface area contributed by atoms with Crippen molar-refractivity contribution < 1.29 is 9.53 Å². The van der Waals surface area contributed by atoms with Crippen LogP contribution in [0.4, 0.5) is 0 Å². The number of amides is 1. The number of ether oxygens (including phenoxy) is 1. The third kappa shape index (κ3) is 5.17. The minimum absolute atomic E-state index is 0.0788. The molecule has 0 spiro atoms. The number of hydrogen-bond donors (Lipinski definition) is 1. The first-order chi connectivity index (χ1) is 13.2. The second-order valence-electron chi connectivity index (χ2n) is 6.48. The first-order valence-electron chi connectivity index (χ1n) is 9.20. The molecule has 0 unspecified atom stereocenters. The van der Waals surface area contributed by atoms with Crippen molar-refractivity contribution in [2.75, 3.05) is 6.61 Å². The molecule has 0 fully saturated rings. The molecular formula is C23H24N2O2. The van der Waals surface area contributed by atoms with Gasteiger partial charge in [0.15, 0.2) is 6.61 Å². The Kier molecular flexibility index (Phi) is 6.21. The SMILES string of the molecule is CCCc1ccc(C(C)=NNC(=O)COc2ccc3ccccc3c2)cc1. The van der Waals surface area contributed by atoms with Crippen LogP contribution in [0.2, 0.25) is 0 Å². The van der Waals surface area contributed by atoms with Crippen LogP contribution in [-0.2, 0) is 11.2 Å². The maximum absolute atomic E-state index is 12.0. The number of rotatable bonds is 7. The molecule has 138 valence electrons. The molecule has 4 heteroatoms. The van der Waals surface area contributed by atoms with Gasteiger partial charge < -0.3 is 4.74 Å². The average Bonchev–Trinajstić information content (AvgIpc) is 2.71. The molecule has 0 bridgehead atoms. The van der Waals surface area contributed by atoms with Crippen molar-refractivity contribution in [2.45, 2.75) is 26.7 Å². The molecule has 0 saturated heterocycles. The molecule has 1 N–H and O–H groups in total. The highest BCUT2D eigenvalue weighted by Gasteiger charge is 2.04. The van der Waals surface area contributed by atoms with Crippen LogP contribution in [0, 0.1) is 0 Å². The van der Waals surface area contributed by atoms with E-state index in [1.807, 2.05) is 61.5 Å². The van der Waals surface area contributed by atoms with E-state index in [2.05, 4.69) is 29.6 Å². The molecule has 1 amide bonds. The molecule has 0 atom stereocenters. The van der Waals surface area contributed by atoms with Gasteiger partial charge in [-0.1, -0.05) is 67.9 Å². The van der Waals surface area contributed by atoms with E-state index in [0.717, 1.165) is 34.9 Å².